The molecule has 2 rings (SSSR count). The van der Waals surface area contributed by atoms with Gasteiger partial charge in [0.25, 0.3) is 0 Å². The zero-order chi connectivity index (χ0) is 13.8. The smallest absolute Gasteiger partial charge is 0.139 e. The number of hydrogen-bond donors (Lipinski definition) is 2. The molecule has 1 heterocycles. The number of pyridine rings is 1. The summed E-state index contributed by atoms with van der Waals surface area (Å²) in [6.07, 6.45) is 6.55. The van der Waals surface area contributed by atoms with Gasteiger partial charge < -0.3 is 15.7 Å². The van der Waals surface area contributed by atoms with Crippen molar-refractivity contribution in [3.8, 4) is 0 Å². The van der Waals surface area contributed by atoms with E-state index in [1.165, 1.54) is 12.8 Å². The molecule has 0 radical (unpaired) electrons. The van der Waals surface area contributed by atoms with E-state index < -0.39 is 0 Å². The minimum Gasteiger partial charge on any atom is -0.395 e. The summed E-state index contributed by atoms with van der Waals surface area (Å²) in [4.78, 5) is 7.02. The second kappa shape index (κ2) is 6.30. The minimum absolute atomic E-state index is 0.114. The first-order valence-corrected chi connectivity index (χ1v) is 7.19. The molecule has 0 unspecified atom stereocenters. The molecule has 4 nitrogen and oxygen atoms in total. The molecule has 19 heavy (non-hydrogen) atoms. The van der Waals surface area contributed by atoms with Gasteiger partial charge in [-0.15, -0.1) is 0 Å². The van der Waals surface area contributed by atoms with Gasteiger partial charge in [-0.25, -0.2) is 4.98 Å². The van der Waals surface area contributed by atoms with Gasteiger partial charge in [0.2, 0.25) is 0 Å². The number of aryl methyl sites for hydroxylation is 1. The van der Waals surface area contributed by atoms with Gasteiger partial charge in [-0.2, -0.15) is 0 Å². The van der Waals surface area contributed by atoms with Crippen molar-refractivity contribution in [2.45, 2.75) is 38.6 Å². The van der Waals surface area contributed by atoms with E-state index in [0.717, 1.165) is 29.8 Å². The second-order valence-electron chi connectivity index (χ2n) is 5.05. The quantitative estimate of drug-likeness (QED) is 0.804. The molecule has 1 aromatic rings. The summed E-state index contributed by atoms with van der Waals surface area (Å²) in [5.74, 6) is 0.827. The molecule has 0 bridgehead atoms. The van der Waals surface area contributed by atoms with Crippen molar-refractivity contribution in [3.63, 3.8) is 0 Å². The number of aliphatic hydroxyl groups is 1. The maximum Gasteiger partial charge on any atom is 0.139 e. The summed E-state index contributed by atoms with van der Waals surface area (Å²) in [6, 6.07) is 2.36. The molecule has 0 amide bonds. The van der Waals surface area contributed by atoms with Crippen LogP contribution in [-0.4, -0.2) is 34.3 Å². The molecular formula is C14H21N3OS. The van der Waals surface area contributed by atoms with Gasteiger partial charge in [-0.05, 0) is 31.4 Å². The Balaban J connectivity index is 2.40. The third-order valence-electron chi connectivity index (χ3n) is 3.76. The number of thiocarbonyl (C=S) groups is 1. The second-order valence-corrected chi connectivity index (χ2v) is 5.49. The van der Waals surface area contributed by atoms with Crippen LogP contribution in [0.3, 0.4) is 0 Å². The van der Waals surface area contributed by atoms with Gasteiger partial charge >= 0.3 is 0 Å². The van der Waals surface area contributed by atoms with Crippen LogP contribution in [0.25, 0.3) is 0 Å². The number of rotatable bonds is 5. The third kappa shape index (κ3) is 3.04. The van der Waals surface area contributed by atoms with E-state index in [4.69, 9.17) is 18.0 Å². The number of anilines is 1. The monoisotopic (exact) mass is 279 g/mol. The molecule has 1 aliphatic rings. The van der Waals surface area contributed by atoms with Crippen molar-refractivity contribution in [2.75, 3.05) is 18.1 Å². The molecule has 5 heteroatoms. The van der Waals surface area contributed by atoms with Crippen LogP contribution < -0.4 is 10.6 Å². The van der Waals surface area contributed by atoms with Crippen molar-refractivity contribution in [2.24, 2.45) is 5.73 Å². The van der Waals surface area contributed by atoms with Gasteiger partial charge in [0, 0.05) is 18.8 Å². The van der Waals surface area contributed by atoms with Gasteiger partial charge in [0.15, 0.2) is 0 Å². The molecule has 0 aliphatic heterocycles. The Labute approximate surface area is 119 Å². The zero-order valence-corrected chi connectivity index (χ0v) is 12.1. The lowest BCUT2D eigenvalue weighted by Gasteiger charge is -2.31. The van der Waals surface area contributed by atoms with Crippen LogP contribution >= 0.6 is 12.2 Å². The normalized spacial score (nSPS) is 15.7. The lowest BCUT2D eigenvalue weighted by Crippen LogP contribution is -2.38. The van der Waals surface area contributed by atoms with E-state index in [2.05, 4.69) is 9.88 Å². The van der Waals surface area contributed by atoms with Gasteiger partial charge in [0.1, 0.15) is 10.8 Å². The van der Waals surface area contributed by atoms with E-state index in [-0.39, 0.29) is 6.61 Å². The van der Waals surface area contributed by atoms with Crippen molar-refractivity contribution in [3.05, 3.63) is 23.4 Å². The molecule has 1 aliphatic carbocycles. The Morgan fingerprint density at radius 3 is 2.79 bits per heavy atom. The number of nitrogens with two attached hydrogens (primary N) is 1. The summed E-state index contributed by atoms with van der Waals surface area (Å²) in [7, 11) is 0. The predicted octanol–water partition coefficient (Wildman–Crippen LogP) is 1.77. The summed E-state index contributed by atoms with van der Waals surface area (Å²) in [6.45, 7) is 2.69. The van der Waals surface area contributed by atoms with Crippen LogP contribution in [0.4, 0.5) is 5.82 Å². The summed E-state index contributed by atoms with van der Waals surface area (Å²) >= 11 is 5.16. The van der Waals surface area contributed by atoms with Gasteiger partial charge in [0.05, 0.1) is 12.2 Å². The standard InChI is InChI=1S/C14H21N3OS/c1-10-6-7-16-14(12(10)13(15)19)17(8-9-18)11-4-2-3-5-11/h6-7,11,18H,2-5,8-9H2,1H3,(H2,15,19). The lowest BCUT2D eigenvalue weighted by atomic mass is 10.1. The molecule has 1 fully saturated rings. The van der Waals surface area contributed by atoms with Crippen LogP contribution in [0.15, 0.2) is 12.3 Å². The predicted molar refractivity (Wildman–Crippen MR) is 81.5 cm³/mol. The van der Waals surface area contributed by atoms with E-state index in [1.54, 1.807) is 6.20 Å². The van der Waals surface area contributed by atoms with E-state index in [1.807, 2.05) is 13.0 Å². The fraction of sp³-hybridized carbons (Fsp3) is 0.571. The lowest BCUT2D eigenvalue weighted by molar-refractivity contribution is 0.297. The fourth-order valence-corrected chi connectivity index (χ4v) is 3.10. The first-order chi connectivity index (χ1) is 9.15. The molecule has 1 saturated carbocycles. The fourth-order valence-electron chi connectivity index (χ4n) is 2.85. The van der Waals surface area contributed by atoms with Crippen molar-refractivity contribution in [1.82, 2.24) is 4.98 Å². The SMILES string of the molecule is Cc1ccnc(N(CCO)C2CCCC2)c1C(N)=S. The average molecular weight is 279 g/mol. The Morgan fingerprint density at radius 1 is 1.53 bits per heavy atom. The summed E-state index contributed by atoms with van der Waals surface area (Å²) < 4.78 is 0. The first-order valence-electron chi connectivity index (χ1n) is 6.78. The van der Waals surface area contributed by atoms with Gasteiger partial charge in [-0.3, -0.25) is 0 Å². The highest BCUT2D eigenvalue weighted by molar-refractivity contribution is 7.80. The molecule has 104 valence electrons. The number of aromatic nitrogens is 1. The Bertz CT molecular complexity index is 458. The Hall–Kier alpha value is -1.20. The van der Waals surface area contributed by atoms with E-state index >= 15 is 0 Å². The minimum atomic E-state index is 0.114. The topological polar surface area (TPSA) is 62.4 Å². The average Bonchev–Trinajstić information content (AvgIpc) is 2.88. The maximum atomic E-state index is 9.32. The summed E-state index contributed by atoms with van der Waals surface area (Å²) in [5, 5.41) is 9.32. The molecule has 0 spiro atoms. The van der Waals surface area contributed by atoms with Crippen molar-refractivity contribution < 1.29 is 5.11 Å². The Kier molecular flexibility index (Phi) is 4.71. The molecule has 0 aromatic carbocycles. The van der Waals surface area contributed by atoms with Gasteiger partial charge in [-0.1, -0.05) is 25.1 Å². The summed E-state index contributed by atoms with van der Waals surface area (Å²) in [5.41, 5.74) is 7.74. The molecule has 1 aromatic heterocycles. The number of aliphatic hydroxyl groups excluding tert-OH is 1. The highest BCUT2D eigenvalue weighted by atomic mass is 32.1. The van der Waals surface area contributed by atoms with Crippen LogP contribution in [0, 0.1) is 6.92 Å². The molecular weight excluding hydrogens is 258 g/mol. The Morgan fingerprint density at radius 2 is 2.21 bits per heavy atom. The van der Waals surface area contributed by atoms with Crippen LogP contribution in [0.2, 0.25) is 0 Å². The maximum absolute atomic E-state index is 9.32. The van der Waals surface area contributed by atoms with Crippen LogP contribution in [0.5, 0.6) is 0 Å². The number of hydrogen-bond acceptors (Lipinski definition) is 4. The van der Waals surface area contributed by atoms with Crippen LogP contribution in [-0.2, 0) is 0 Å². The van der Waals surface area contributed by atoms with E-state index in [9.17, 15) is 5.11 Å². The molecule has 0 atom stereocenters. The van der Waals surface area contributed by atoms with Crippen molar-refractivity contribution in [1.29, 1.82) is 0 Å². The van der Waals surface area contributed by atoms with Crippen molar-refractivity contribution >= 4 is 23.0 Å². The molecule has 0 saturated heterocycles. The zero-order valence-electron chi connectivity index (χ0n) is 11.3. The number of nitrogens with zero attached hydrogens (tertiary/aromatic N) is 2. The molecule has 3 N–H and O–H groups in total. The highest BCUT2D eigenvalue weighted by Crippen LogP contribution is 2.30. The largest absolute Gasteiger partial charge is 0.395 e. The first kappa shape index (κ1) is 14.2. The van der Waals surface area contributed by atoms with Crippen LogP contribution in [0.1, 0.15) is 36.8 Å². The van der Waals surface area contributed by atoms with E-state index in [0.29, 0.717) is 17.6 Å². The highest BCUT2D eigenvalue weighted by Gasteiger charge is 2.26. The third-order valence-corrected chi connectivity index (χ3v) is 3.97.